The van der Waals surface area contributed by atoms with E-state index < -0.39 is 0 Å². The van der Waals surface area contributed by atoms with Crippen molar-refractivity contribution in [2.24, 2.45) is 4.99 Å². The molecule has 2 aromatic rings. The molecule has 3 rings (SSSR count). The molecule has 5 heteroatoms. The molecule has 0 saturated heterocycles. The molecule has 0 radical (unpaired) electrons. The summed E-state index contributed by atoms with van der Waals surface area (Å²) < 4.78 is 0. The Balaban J connectivity index is 1.54. The second-order valence-corrected chi connectivity index (χ2v) is 7.94. The van der Waals surface area contributed by atoms with E-state index in [2.05, 4.69) is 75.5 Å². The molecule has 1 aliphatic rings. The average Bonchev–Trinajstić information content (AvgIpc) is 3.15. The molecular formula is C20H28N4S. The Morgan fingerprint density at radius 3 is 2.72 bits per heavy atom. The maximum absolute atomic E-state index is 4.35. The molecule has 1 aliphatic heterocycles. The molecule has 2 N–H and O–H groups in total. The van der Waals surface area contributed by atoms with Crippen LogP contribution in [0.4, 0.5) is 0 Å². The smallest absolute Gasteiger partial charge is 0.191 e. The van der Waals surface area contributed by atoms with E-state index >= 15 is 0 Å². The van der Waals surface area contributed by atoms with Gasteiger partial charge < -0.3 is 10.6 Å². The van der Waals surface area contributed by atoms with Crippen LogP contribution < -0.4 is 10.6 Å². The van der Waals surface area contributed by atoms with Gasteiger partial charge in [0.1, 0.15) is 0 Å². The van der Waals surface area contributed by atoms with Crippen LogP contribution in [-0.4, -0.2) is 36.5 Å². The van der Waals surface area contributed by atoms with Gasteiger partial charge in [-0.25, -0.2) is 0 Å². The SMILES string of the molecule is CN=C(NCc1ccsc1)NCC(C)(C)N1CCc2ccccc2C1. The van der Waals surface area contributed by atoms with Gasteiger partial charge in [0.25, 0.3) is 0 Å². The number of thiophene rings is 1. The van der Waals surface area contributed by atoms with Gasteiger partial charge in [-0.05, 0) is 53.8 Å². The van der Waals surface area contributed by atoms with E-state index in [-0.39, 0.29) is 5.54 Å². The summed E-state index contributed by atoms with van der Waals surface area (Å²) in [4.78, 5) is 6.91. The maximum atomic E-state index is 4.35. The highest BCUT2D eigenvalue weighted by Gasteiger charge is 2.29. The number of hydrogen-bond acceptors (Lipinski definition) is 3. The van der Waals surface area contributed by atoms with Gasteiger partial charge in [-0.15, -0.1) is 0 Å². The summed E-state index contributed by atoms with van der Waals surface area (Å²) in [6, 6.07) is 10.9. The minimum atomic E-state index is 0.0630. The monoisotopic (exact) mass is 356 g/mol. The summed E-state index contributed by atoms with van der Waals surface area (Å²) in [6.45, 7) is 8.40. The topological polar surface area (TPSA) is 39.7 Å². The zero-order valence-corrected chi connectivity index (χ0v) is 16.2. The van der Waals surface area contributed by atoms with E-state index in [1.807, 2.05) is 7.05 Å². The van der Waals surface area contributed by atoms with Crippen molar-refractivity contribution in [2.45, 2.75) is 38.9 Å². The molecule has 1 aromatic heterocycles. The molecule has 0 saturated carbocycles. The Morgan fingerprint density at radius 2 is 2.00 bits per heavy atom. The Kier molecular flexibility index (Phi) is 5.76. The molecule has 0 bridgehead atoms. The third-order valence-electron chi connectivity index (χ3n) is 4.94. The van der Waals surface area contributed by atoms with Gasteiger partial charge in [0.15, 0.2) is 5.96 Å². The van der Waals surface area contributed by atoms with E-state index in [1.54, 1.807) is 11.3 Å². The summed E-state index contributed by atoms with van der Waals surface area (Å²) in [7, 11) is 1.83. The highest BCUT2D eigenvalue weighted by Crippen LogP contribution is 2.24. The Bertz CT molecular complexity index is 706. The fourth-order valence-electron chi connectivity index (χ4n) is 3.22. The zero-order valence-electron chi connectivity index (χ0n) is 15.4. The number of nitrogens with one attached hydrogen (secondary N) is 2. The second-order valence-electron chi connectivity index (χ2n) is 7.16. The van der Waals surface area contributed by atoms with Gasteiger partial charge in [-0.3, -0.25) is 9.89 Å². The summed E-state index contributed by atoms with van der Waals surface area (Å²) in [5.41, 5.74) is 4.31. The van der Waals surface area contributed by atoms with Crippen molar-refractivity contribution >= 4 is 17.3 Å². The zero-order chi connectivity index (χ0) is 17.7. The lowest BCUT2D eigenvalue weighted by molar-refractivity contribution is 0.107. The van der Waals surface area contributed by atoms with Crippen molar-refractivity contribution in [3.63, 3.8) is 0 Å². The van der Waals surface area contributed by atoms with E-state index in [4.69, 9.17) is 0 Å². The van der Waals surface area contributed by atoms with E-state index in [1.165, 1.54) is 16.7 Å². The van der Waals surface area contributed by atoms with Crippen LogP contribution >= 0.6 is 11.3 Å². The summed E-state index contributed by atoms with van der Waals surface area (Å²) in [5, 5.41) is 11.1. The number of benzene rings is 1. The van der Waals surface area contributed by atoms with Crippen molar-refractivity contribution in [3.8, 4) is 0 Å². The highest BCUT2D eigenvalue weighted by molar-refractivity contribution is 7.07. The number of hydrogen-bond donors (Lipinski definition) is 2. The molecule has 134 valence electrons. The Labute approximate surface area is 155 Å². The standard InChI is InChI=1S/C20H28N4S/c1-20(2,24-10-8-17-6-4-5-7-18(17)13-24)15-23-19(21-3)22-12-16-9-11-25-14-16/h4-7,9,11,14H,8,10,12-13,15H2,1-3H3,(H2,21,22,23). The van der Waals surface area contributed by atoms with Crippen LogP contribution in [-0.2, 0) is 19.5 Å². The fraction of sp³-hybridized carbons (Fsp3) is 0.450. The van der Waals surface area contributed by atoms with Crippen LogP contribution in [0.15, 0.2) is 46.1 Å². The molecule has 0 atom stereocenters. The van der Waals surface area contributed by atoms with Gasteiger partial charge in [0.2, 0.25) is 0 Å². The predicted molar refractivity (Wildman–Crippen MR) is 107 cm³/mol. The third kappa shape index (κ3) is 4.61. The molecule has 0 unspecified atom stereocenters. The minimum absolute atomic E-state index is 0.0630. The lowest BCUT2D eigenvalue weighted by atomic mass is 9.94. The number of nitrogens with zero attached hydrogens (tertiary/aromatic N) is 2. The molecule has 0 spiro atoms. The first-order chi connectivity index (χ1) is 12.1. The van der Waals surface area contributed by atoms with Crippen LogP contribution in [0, 0.1) is 0 Å². The van der Waals surface area contributed by atoms with E-state index in [0.717, 1.165) is 38.6 Å². The number of rotatable bonds is 5. The molecular weight excluding hydrogens is 328 g/mol. The third-order valence-corrected chi connectivity index (χ3v) is 5.67. The van der Waals surface area contributed by atoms with Crippen molar-refractivity contribution in [1.29, 1.82) is 0 Å². The first-order valence-corrected chi connectivity index (χ1v) is 9.80. The summed E-state index contributed by atoms with van der Waals surface area (Å²) >= 11 is 1.72. The highest BCUT2D eigenvalue weighted by atomic mass is 32.1. The first-order valence-electron chi connectivity index (χ1n) is 8.86. The van der Waals surface area contributed by atoms with Crippen LogP contribution in [0.5, 0.6) is 0 Å². The Hall–Kier alpha value is -1.85. The average molecular weight is 357 g/mol. The maximum Gasteiger partial charge on any atom is 0.191 e. The molecule has 4 nitrogen and oxygen atoms in total. The van der Waals surface area contributed by atoms with Crippen molar-refractivity contribution in [1.82, 2.24) is 15.5 Å². The van der Waals surface area contributed by atoms with Gasteiger partial charge >= 0.3 is 0 Å². The summed E-state index contributed by atoms with van der Waals surface area (Å²) in [5.74, 6) is 0.858. The quantitative estimate of drug-likeness (QED) is 0.638. The lowest BCUT2D eigenvalue weighted by Crippen LogP contribution is -2.54. The van der Waals surface area contributed by atoms with Crippen LogP contribution in [0.3, 0.4) is 0 Å². The van der Waals surface area contributed by atoms with Crippen molar-refractivity contribution < 1.29 is 0 Å². The van der Waals surface area contributed by atoms with Crippen LogP contribution in [0.1, 0.15) is 30.5 Å². The summed E-state index contributed by atoms with van der Waals surface area (Å²) in [6.07, 6.45) is 1.13. The van der Waals surface area contributed by atoms with Crippen molar-refractivity contribution in [3.05, 3.63) is 57.8 Å². The van der Waals surface area contributed by atoms with E-state index in [9.17, 15) is 0 Å². The van der Waals surface area contributed by atoms with Gasteiger partial charge in [-0.2, -0.15) is 11.3 Å². The van der Waals surface area contributed by atoms with Crippen LogP contribution in [0.25, 0.3) is 0 Å². The lowest BCUT2D eigenvalue weighted by Gasteiger charge is -2.42. The predicted octanol–water partition coefficient (Wildman–Crippen LogP) is 3.25. The minimum Gasteiger partial charge on any atom is -0.355 e. The number of aliphatic imine (C=N–C) groups is 1. The largest absolute Gasteiger partial charge is 0.355 e. The fourth-order valence-corrected chi connectivity index (χ4v) is 3.89. The molecule has 1 aromatic carbocycles. The van der Waals surface area contributed by atoms with Crippen LogP contribution in [0.2, 0.25) is 0 Å². The molecule has 0 fully saturated rings. The molecule has 25 heavy (non-hydrogen) atoms. The molecule has 0 aliphatic carbocycles. The molecule has 2 heterocycles. The Morgan fingerprint density at radius 1 is 1.20 bits per heavy atom. The molecule has 0 amide bonds. The first kappa shape index (κ1) is 18.0. The van der Waals surface area contributed by atoms with Gasteiger partial charge in [0, 0.05) is 38.8 Å². The van der Waals surface area contributed by atoms with Gasteiger partial charge in [-0.1, -0.05) is 24.3 Å². The number of fused-ring (bicyclic) bond motifs is 1. The van der Waals surface area contributed by atoms with E-state index in [0.29, 0.717) is 0 Å². The number of guanidine groups is 1. The van der Waals surface area contributed by atoms with Crippen molar-refractivity contribution in [2.75, 3.05) is 20.1 Å². The second kappa shape index (κ2) is 8.02. The van der Waals surface area contributed by atoms with Gasteiger partial charge in [0.05, 0.1) is 0 Å². The normalized spacial score (nSPS) is 15.7.